The zero-order valence-corrected chi connectivity index (χ0v) is 15.6. The van der Waals surface area contributed by atoms with Crippen molar-refractivity contribution in [2.45, 2.75) is 12.5 Å². The molecule has 0 amide bonds. The number of hydrogen-bond acceptors (Lipinski definition) is 9. The van der Waals surface area contributed by atoms with Gasteiger partial charge in [0.1, 0.15) is 11.6 Å². The number of epoxide rings is 1. The van der Waals surface area contributed by atoms with E-state index in [1.807, 2.05) is 29.2 Å². The number of rotatable bonds is 5. The topological polar surface area (TPSA) is 118 Å². The third-order valence-corrected chi connectivity index (χ3v) is 4.78. The molecule has 3 heterocycles. The molecule has 0 saturated carbocycles. The Morgan fingerprint density at radius 3 is 2.97 bits per heavy atom. The van der Waals surface area contributed by atoms with Crippen LogP contribution in [-0.2, 0) is 4.74 Å². The van der Waals surface area contributed by atoms with Crippen molar-refractivity contribution in [3.8, 4) is 5.75 Å². The molecule has 3 aromatic rings. The van der Waals surface area contributed by atoms with E-state index < -0.39 is 16.4 Å². The van der Waals surface area contributed by atoms with E-state index >= 15 is 0 Å². The van der Waals surface area contributed by atoms with Crippen molar-refractivity contribution < 1.29 is 18.8 Å². The van der Waals surface area contributed by atoms with Crippen molar-refractivity contribution in [3.63, 3.8) is 0 Å². The van der Waals surface area contributed by atoms with Crippen molar-refractivity contribution in [2.24, 2.45) is 0 Å². The average molecular weight is 410 g/mol. The fourth-order valence-corrected chi connectivity index (χ4v) is 3.37. The van der Waals surface area contributed by atoms with Crippen LogP contribution in [0.3, 0.4) is 0 Å². The van der Waals surface area contributed by atoms with Gasteiger partial charge >= 0.3 is 5.69 Å². The highest BCUT2D eigenvalue weighted by molar-refractivity contribution is 5.79. The molecule has 1 aromatic heterocycles. The van der Waals surface area contributed by atoms with E-state index in [0.717, 1.165) is 23.5 Å². The van der Waals surface area contributed by atoms with Crippen molar-refractivity contribution in [3.05, 3.63) is 64.6 Å². The van der Waals surface area contributed by atoms with E-state index in [9.17, 15) is 14.5 Å². The van der Waals surface area contributed by atoms with Gasteiger partial charge in [-0.15, -0.1) is 0 Å². The second-order valence-electron chi connectivity index (χ2n) is 6.60. The standard InChI is InChI=1S/C19H15FN6O4/c1-29-15-8-10(20)14(26(27)28)9-12(15)23-19-21-7-6-16(24-19)25-13-5-3-2-4-11(13)22-17-18(25)30-17/h2-9,17-18,22H,1H3,(H,21,23,24). The second-order valence-corrected chi connectivity index (χ2v) is 6.60. The van der Waals surface area contributed by atoms with E-state index in [4.69, 9.17) is 9.47 Å². The van der Waals surface area contributed by atoms with Gasteiger partial charge in [-0.2, -0.15) is 9.37 Å². The lowest BCUT2D eigenvalue weighted by atomic mass is 10.2. The fraction of sp³-hybridized carbons (Fsp3) is 0.158. The zero-order chi connectivity index (χ0) is 20.8. The summed E-state index contributed by atoms with van der Waals surface area (Å²) in [7, 11) is 1.34. The SMILES string of the molecule is COc1cc(F)c([N+](=O)[O-])cc1Nc1nccc(N2c3ccccc3NC3OC32)n1. The lowest BCUT2D eigenvalue weighted by Crippen LogP contribution is -2.31. The van der Waals surface area contributed by atoms with Crippen molar-refractivity contribution in [2.75, 3.05) is 22.6 Å². The minimum absolute atomic E-state index is 0.0882. The summed E-state index contributed by atoms with van der Waals surface area (Å²) in [5.41, 5.74) is 1.31. The van der Waals surface area contributed by atoms with Crippen molar-refractivity contribution >= 4 is 34.5 Å². The Hall–Kier alpha value is -3.99. The van der Waals surface area contributed by atoms with Crippen LogP contribution in [0.5, 0.6) is 5.75 Å². The lowest BCUT2D eigenvalue weighted by Gasteiger charge is -2.28. The molecule has 0 spiro atoms. The molecule has 2 aromatic carbocycles. The highest BCUT2D eigenvalue weighted by Crippen LogP contribution is 2.45. The Balaban J connectivity index is 1.50. The number of methoxy groups -OCH3 is 1. The molecular formula is C19H15FN6O4. The van der Waals surface area contributed by atoms with E-state index in [0.29, 0.717) is 5.82 Å². The molecule has 2 atom stereocenters. The van der Waals surface area contributed by atoms with E-state index in [2.05, 4.69) is 20.6 Å². The molecule has 10 nitrogen and oxygen atoms in total. The fourth-order valence-electron chi connectivity index (χ4n) is 3.37. The van der Waals surface area contributed by atoms with Crippen LogP contribution in [0.2, 0.25) is 0 Å². The second kappa shape index (κ2) is 6.81. The number of nitro groups is 1. The summed E-state index contributed by atoms with van der Waals surface area (Å²) in [6.07, 6.45) is 1.21. The van der Waals surface area contributed by atoms with Gasteiger partial charge < -0.3 is 20.1 Å². The lowest BCUT2D eigenvalue weighted by molar-refractivity contribution is -0.387. The third kappa shape index (κ3) is 3.01. The van der Waals surface area contributed by atoms with Crippen LogP contribution in [0, 0.1) is 15.9 Å². The zero-order valence-electron chi connectivity index (χ0n) is 15.6. The van der Waals surface area contributed by atoms with Crippen molar-refractivity contribution in [1.29, 1.82) is 0 Å². The minimum atomic E-state index is -0.994. The predicted octanol–water partition coefficient (Wildman–Crippen LogP) is 3.52. The molecule has 30 heavy (non-hydrogen) atoms. The first-order valence-electron chi connectivity index (χ1n) is 8.97. The quantitative estimate of drug-likeness (QED) is 0.370. The number of benzene rings is 2. The smallest absolute Gasteiger partial charge is 0.307 e. The van der Waals surface area contributed by atoms with E-state index in [-0.39, 0.29) is 29.8 Å². The van der Waals surface area contributed by atoms with Crippen molar-refractivity contribution in [1.82, 2.24) is 9.97 Å². The Kier molecular flexibility index (Phi) is 4.10. The number of hydrogen-bond donors (Lipinski definition) is 2. The Bertz CT molecular complexity index is 1160. The molecule has 1 fully saturated rings. The maximum Gasteiger partial charge on any atom is 0.307 e. The Labute approximate surface area is 169 Å². The number of aromatic nitrogens is 2. The Morgan fingerprint density at radius 1 is 1.33 bits per heavy atom. The summed E-state index contributed by atoms with van der Waals surface area (Å²) in [6.45, 7) is 0. The number of halogens is 1. The highest BCUT2D eigenvalue weighted by atomic mass is 19.1. The summed E-state index contributed by atoms with van der Waals surface area (Å²) in [4.78, 5) is 20.9. The first kappa shape index (κ1) is 18.1. The molecule has 0 radical (unpaired) electrons. The molecule has 2 unspecified atom stereocenters. The highest BCUT2D eigenvalue weighted by Gasteiger charge is 2.49. The van der Waals surface area contributed by atoms with Crippen LogP contribution in [0.1, 0.15) is 0 Å². The summed E-state index contributed by atoms with van der Waals surface area (Å²) >= 11 is 0. The van der Waals surface area contributed by atoms with Gasteiger partial charge in [-0.05, 0) is 18.2 Å². The van der Waals surface area contributed by atoms with Gasteiger partial charge in [0, 0.05) is 18.3 Å². The van der Waals surface area contributed by atoms with Crippen LogP contribution in [0.25, 0.3) is 0 Å². The Morgan fingerprint density at radius 2 is 2.17 bits per heavy atom. The molecule has 2 aliphatic rings. The summed E-state index contributed by atoms with van der Waals surface area (Å²) in [5, 5.41) is 17.2. The summed E-state index contributed by atoms with van der Waals surface area (Å²) in [5.74, 6) is -0.166. The van der Waals surface area contributed by atoms with Gasteiger partial charge in [0.25, 0.3) is 0 Å². The number of fused-ring (bicyclic) bond motifs is 2. The molecule has 0 aliphatic carbocycles. The van der Waals surface area contributed by atoms with Crippen LogP contribution in [0.15, 0.2) is 48.7 Å². The number of nitro benzene ring substituents is 1. The molecule has 11 heteroatoms. The van der Waals surface area contributed by atoms with Crippen LogP contribution >= 0.6 is 0 Å². The first-order valence-corrected chi connectivity index (χ1v) is 8.97. The van der Waals surface area contributed by atoms with Gasteiger partial charge in [-0.1, -0.05) is 12.1 Å². The van der Waals surface area contributed by atoms with Crippen LogP contribution in [0.4, 0.5) is 38.9 Å². The van der Waals surface area contributed by atoms with E-state index in [1.54, 1.807) is 12.3 Å². The normalized spacial score (nSPS) is 18.7. The summed E-state index contributed by atoms with van der Waals surface area (Å²) < 4.78 is 24.7. The minimum Gasteiger partial charge on any atom is -0.494 e. The van der Waals surface area contributed by atoms with E-state index in [1.165, 1.54) is 7.11 Å². The number of nitrogens with zero attached hydrogens (tertiary/aromatic N) is 4. The van der Waals surface area contributed by atoms with Gasteiger partial charge in [-0.3, -0.25) is 15.0 Å². The number of anilines is 5. The molecule has 5 rings (SSSR count). The monoisotopic (exact) mass is 410 g/mol. The number of ether oxygens (including phenoxy) is 2. The molecular weight excluding hydrogens is 395 g/mol. The summed E-state index contributed by atoms with van der Waals surface area (Å²) in [6, 6.07) is 11.5. The maximum atomic E-state index is 13.9. The number of para-hydroxylation sites is 2. The largest absolute Gasteiger partial charge is 0.494 e. The third-order valence-electron chi connectivity index (χ3n) is 4.78. The van der Waals surface area contributed by atoms with Gasteiger partial charge in [0.15, 0.2) is 12.5 Å². The van der Waals surface area contributed by atoms with Crippen LogP contribution in [-0.4, -0.2) is 34.5 Å². The molecule has 0 bridgehead atoms. The van der Waals surface area contributed by atoms with Gasteiger partial charge in [0.2, 0.25) is 11.8 Å². The average Bonchev–Trinajstić information content (AvgIpc) is 3.51. The molecule has 2 N–H and O–H groups in total. The van der Waals surface area contributed by atoms with Gasteiger partial charge in [0.05, 0.1) is 29.1 Å². The first-order chi connectivity index (χ1) is 14.5. The molecule has 2 aliphatic heterocycles. The van der Waals surface area contributed by atoms with Gasteiger partial charge in [-0.25, -0.2) is 4.98 Å². The maximum absolute atomic E-state index is 13.9. The predicted molar refractivity (Wildman–Crippen MR) is 106 cm³/mol. The molecule has 152 valence electrons. The molecule has 1 saturated heterocycles. The van der Waals surface area contributed by atoms with Crippen LogP contribution < -0.4 is 20.3 Å². The number of nitrogens with one attached hydrogen (secondary N) is 2.